The lowest BCUT2D eigenvalue weighted by Gasteiger charge is -2.36. The molecule has 2 aliphatic rings. The van der Waals surface area contributed by atoms with Crippen LogP contribution in [0.5, 0.6) is 0 Å². The van der Waals surface area contributed by atoms with Crippen molar-refractivity contribution in [3.8, 4) is 0 Å². The molecule has 2 unspecified atom stereocenters. The van der Waals surface area contributed by atoms with Gasteiger partial charge in [-0.3, -0.25) is 4.90 Å². The zero-order valence-electron chi connectivity index (χ0n) is 11.4. The van der Waals surface area contributed by atoms with Gasteiger partial charge in [-0.15, -0.1) is 0 Å². The van der Waals surface area contributed by atoms with E-state index in [0.717, 1.165) is 12.6 Å². The number of hydrogen-bond donors (Lipinski definition) is 1. The zero-order chi connectivity index (χ0) is 12.4. The number of nitrogens with zero attached hydrogens (tertiary/aromatic N) is 1. The lowest BCUT2D eigenvalue weighted by atomic mass is 9.98. The maximum absolute atomic E-state index is 3.56. The van der Waals surface area contributed by atoms with E-state index in [1.807, 2.05) is 0 Å². The maximum Gasteiger partial charge on any atom is 0.0239 e. The minimum absolute atomic E-state index is 0.683. The Hall–Kier alpha value is -0.860. The third-order valence-corrected chi connectivity index (χ3v) is 4.50. The van der Waals surface area contributed by atoms with Crippen molar-refractivity contribution in [2.45, 2.75) is 51.2 Å². The summed E-state index contributed by atoms with van der Waals surface area (Å²) < 4.78 is 0. The number of aryl methyl sites for hydroxylation is 1. The molecule has 1 aromatic carbocycles. The van der Waals surface area contributed by atoms with E-state index in [9.17, 15) is 0 Å². The van der Waals surface area contributed by atoms with Crippen molar-refractivity contribution >= 4 is 0 Å². The summed E-state index contributed by atoms with van der Waals surface area (Å²) in [6, 6.07) is 10.5. The highest BCUT2D eigenvalue weighted by atomic mass is 15.2. The van der Waals surface area contributed by atoms with Crippen molar-refractivity contribution in [1.29, 1.82) is 0 Å². The molecule has 1 N–H and O–H groups in total. The summed E-state index contributed by atoms with van der Waals surface area (Å²) in [5.74, 6) is 0. The van der Waals surface area contributed by atoms with Gasteiger partial charge in [-0.2, -0.15) is 0 Å². The Balaban J connectivity index is 1.74. The number of hydrogen-bond acceptors (Lipinski definition) is 2. The second-order valence-corrected chi connectivity index (χ2v) is 5.88. The Bertz CT molecular complexity index is 402. The van der Waals surface area contributed by atoms with Crippen LogP contribution < -0.4 is 5.32 Å². The molecule has 2 heterocycles. The molecule has 2 aliphatic heterocycles. The SMILES string of the molecule is CC1CC(N2CCCc3ccccc3C2)CCN1. The lowest BCUT2D eigenvalue weighted by molar-refractivity contribution is 0.141. The summed E-state index contributed by atoms with van der Waals surface area (Å²) in [4.78, 5) is 2.73. The number of rotatable bonds is 1. The van der Waals surface area contributed by atoms with E-state index in [4.69, 9.17) is 0 Å². The fourth-order valence-corrected chi connectivity index (χ4v) is 3.48. The quantitative estimate of drug-likeness (QED) is 0.817. The van der Waals surface area contributed by atoms with Gasteiger partial charge in [-0.05, 0) is 56.8 Å². The van der Waals surface area contributed by atoms with Gasteiger partial charge in [0, 0.05) is 18.6 Å². The van der Waals surface area contributed by atoms with Crippen molar-refractivity contribution in [2.24, 2.45) is 0 Å². The van der Waals surface area contributed by atoms with E-state index in [-0.39, 0.29) is 0 Å². The Morgan fingerprint density at radius 2 is 2.06 bits per heavy atom. The molecule has 0 aromatic heterocycles. The van der Waals surface area contributed by atoms with Crippen LogP contribution in [0.2, 0.25) is 0 Å². The first kappa shape index (κ1) is 12.2. The van der Waals surface area contributed by atoms with Crippen LogP contribution in [0.25, 0.3) is 0 Å². The summed E-state index contributed by atoms with van der Waals surface area (Å²) in [5, 5.41) is 3.56. The van der Waals surface area contributed by atoms with Crippen LogP contribution >= 0.6 is 0 Å². The Morgan fingerprint density at radius 1 is 1.22 bits per heavy atom. The molecule has 2 heteroatoms. The summed E-state index contributed by atoms with van der Waals surface area (Å²) in [7, 11) is 0. The van der Waals surface area contributed by atoms with E-state index < -0.39 is 0 Å². The van der Waals surface area contributed by atoms with Crippen molar-refractivity contribution in [2.75, 3.05) is 13.1 Å². The number of benzene rings is 1. The van der Waals surface area contributed by atoms with Gasteiger partial charge in [-0.1, -0.05) is 24.3 Å². The standard InChI is InChI=1S/C16H24N2/c1-13-11-16(8-9-17-13)18-10-4-7-14-5-2-3-6-15(14)12-18/h2-3,5-6,13,16-17H,4,7-12H2,1H3. The monoisotopic (exact) mass is 244 g/mol. The summed E-state index contributed by atoms with van der Waals surface area (Å²) >= 11 is 0. The van der Waals surface area contributed by atoms with Crippen LogP contribution in [-0.2, 0) is 13.0 Å². The molecular weight excluding hydrogens is 220 g/mol. The first-order chi connectivity index (χ1) is 8.83. The van der Waals surface area contributed by atoms with Crippen LogP contribution in [0.1, 0.15) is 37.3 Å². The van der Waals surface area contributed by atoms with Gasteiger partial charge >= 0.3 is 0 Å². The van der Waals surface area contributed by atoms with Crippen molar-refractivity contribution in [3.63, 3.8) is 0 Å². The summed E-state index contributed by atoms with van der Waals surface area (Å²) in [6.07, 6.45) is 5.19. The van der Waals surface area contributed by atoms with Gasteiger partial charge in [-0.25, -0.2) is 0 Å². The van der Waals surface area contributed by atoms with Crippen LogP contribution in [0.15, 0.2) is 24.3 Å². The van der Waals surface area contributed by atoms with Crippen LogP contribution in [-0.4, -0.2) is 30.1 Å². The van der Waals surface area contributed by atoms with E-state index in [1.54, 1.807) is 11.1 Å². The average molecular weight is 244 g/mol. The Morgan fingerprint density at radius 3 is 2.89 bits per heavy atom. The molecule has 1 aromatic rings. The molecule has 1 fully saturated rings. The Kier molecular flexibility index (Phi) is 3.67. The van der Waals surface area contributed by atoms with E-state index >= 15 is 0 Å². The first-order valence-corrected chi connectivity index (χ1v) is 7.37. The van der Waals surface area contributed by atoms with Crippen molar-refractivity contribution < 1.29 is 0 Å². The second kappa shape index (κ2) is 5.41. The second-order valence-electron chi connectivity index (χ2n) is 5.88. The molecule has 0 radical (unpaired) electrons. The lowest BCUT2D eigenvalue weighted by Crippen LogP contribution is -2.46. The number of nitrogens with one attached hydrogen (secondary N) is 1. The van der Waals surface area contributed by atoms with Gasteiger partial charge in [0.1, 0.15) is 0 Å². The summed E-state index contributed by atoms with van der Waals surface area (Å²) in [5.41, 5.74) is 3.13. The average Bonchev–Trinajstić information content (AvgIpc) is 2.60. The molecule has 2 nitrogen and oxygen atoms in total. The third kappa shape index (κ3) is 2.60. The molecule has 0 bridgehead atoms. The molecule has 0 spiro atoms. The van der Waals surface area contributed by atoms with Gasteiger partial charge in [0.25, 0.3) is 0 Å². The molecule has 2 atom stereocenters. The predicted octanol–water partition coefficient (Wildman–Crippen LogP) is 2.58. The molecule has 0 saturated carbocycles. The van der Waals surface area contributed by atoms with Gasteiger partial charge in [0.2, 0.25) is 0 Å². The Labute approximate surface area is 110 Å². The highest BCUT2D eigenvalue weighted by Gasteiger charge is 2.25. The molecule has 3 rings (SSSR count). The minimum Gasteiger partial charge on any atom is -0.314 e. The van der Waals surface area contributed by atoms with Crippen molar-refractivity contribution in [3.05, 3.63) is 35.4 Å². The minimum atomic E-state index is 0.683. The highest BCUT2D eigenvalue weighted by Crippen LogP contribution is 2.24. The van der Waals surface area contributed by atoms with Gasteiger partial charge in [0.05, 0.1) is 0 Å². The molecular formula is C16H24N2. The van der Waals surface area contributed by atoms with Crippen LogP contribution in [0.3, 0.4) is 0 Å². The normalized spacial score (nSPS) is 29.6. The van der Waals surface area contributed by atoms with E-state index in [0.29, 0.717) is 6.04 Å². The predicted molar refractivity (Wildman–Crippen MR) is 75.7 cm³/mol. The first-order valence-electron chi connectivity index (χ1n) is 7.37. The molecule has 18 heavy (non-hydrogen) atoms. The maximum atomic E-state index is 3.56. The van der Waals surface area contributed by atoms with E-state index in [1.165, 1.54) is 38.8 Å². The fourth-order valence-electron chi connectivity index (χ4n) is 3.48. The number of piperidine rings is 1. The topological polar surface area (TPSA) is 15.3 Å². The fraction of sp³-hybridized carbons (Fsp3) is 0.625. The molecule has 98 valence electrons. The summed E-state index contributed by atoms with van der Waals surface area (Å²) in [6.45, 7) is 5.93. The highest BCUT2D eigenvalue weighted by molar-refractivity contribution is 5.28. The number of fused-ring (bicyclic) bond motifs is 1. The van der Waals surface area contributed by atoms with Crippen LogP contribution in [0, 0.1) is 0 Å². The zero-order valence-corrected chi connectivity index (χ0v) is 11.4. The van der Waals surface area contributed by atoms with Crippen LogP contribution in [0.4, 0.5) is 0 Å². The van der Waals surface area contributed by atoms with Crippen molar-refractivity contribution in [1.82, 2.24) is 10.2 Å². The smallest absolute Gasteiger partial charge is 0.0239 e. The van der Waals surface area contributed by atoms with E-state index in [2.05, 4.69) is 41.4 Å². The molecule has 0 aliphatic carbocycles. The largest absolute Gasteiger partial charge is 0.314 e. The van der Waals surface area contributed by atoms with Gasteiger partial charge < -0.3 is 5.32 Å². The molecule has 1 saturated heterocycles. The molecule has 0 amide bonds. The van der Waals surface area contributed by atoms with Gasteiger partial charge in [0.15, 0.2) is 0 Å². The third-order valence-electron chi connectivity index (χ3n) is 4.50.